The van der Waals surface area contributed by atoms with E-state index in [0.29, 0.717) is 0 Å². The molecule has 0 aromatic rings. The molecule has 2 unspecified atom stereocenters. The highest BCUT2D eigenvalue weighted by Crippen LogP contribution is 2.35. The average Bonchev–Trinajstić information content (AvgIpc) is 2.75. The smallest absolute Gasteiger partial charge is 0.407 e. The van der Waals surface area contributed by atoms with Crippen molar-refractivity contribution in [2.24, 2.45) is 17.3 Å². The Kier molecular flexibility index (Phi) is 7.01. The summed E-state index contributed by atoms with van der Waals surface area (Å²) in [5.41, 5.74) is -1.68. The summed E-state index contributed by atoms with van der Waals surface area (Å²) in [5, 5.41) is 12.1. The maximum Gasteiger partial charge on any atom is 0.407 e. The summed E-state index contributed by atoms with van der Waals surface area (Å²) in [6.45, 7) is 8.87. The quantitative estimate of drug-likeness (QED) is 0.726. The molecule has 0 bridgehead atoms. The van der Waals surface area contributed by atoms with E-state index in [1.807, 2.05) is 0 Å². The summed E-state index contributed by atoms with van der Waals surface area (Å²) < 4.78 is 44.0. The second kappa shape index (κ2) is 8.16. The Labute approximate surface area is 162 Å². The highest BCUT2D eigenvalue weighted by molar-refractivity contribution is 5.79. The summed E-state index contributed by atoms with van der Waals surface area (Å²) in [6, 6.07) is -1.12. The molecule has 1 aliphatic rings. The van der Waals surface area contributed by atoms with Gasteiger partial charge in [0, 0.05) is 19.5 Å². The zero-order valence-corrected chi connectivity index (χ0v) is 17.0. The van der Waals surface area contributed by atoms with Gasteiger partial charge in [0.25, 0.3) is 0 Å². The van der Waals surface area contributed by atoms with Gasteiger partial charge in [-0.1, -0.05) is 20.8 Å². The van der Waals surface area contributed by atoms with Crippen LogP contribution in [0.25, 0.3) is 0 Å². The molecule has 1 rings (SSSR count). The van der Waals surface area contributed by atoms with Gasteiger partial charge in [0.05, 0.1) is 17.9 Å². The van der Waals surface area contributed by atoms with E-state index in [4.69, 9.17) is 4.74 Å². The summed E-state index contributed by atoms with van der Waals surface area (Å²) >= 11 is 0. The van der Waals surface area contributed by atoms with Crippen LogP contribution >= 0.6 is 0 Å². The molecule has 10 heteroatoms. The lowest BCUT2D eigenvalue weighted by atomic mass is 9.76. The fourth-order valence-corrected chi connectivity index (χ4v) is 3.24. The summed E-state index contributed by atoms with van der Waals surface area (Å²) in [7, 11) is 0. The molecule has 1 heterocycles. The fraction of sp³-hybridized carbons (Fsp3) is 0.833. The topological polar surface area (TPSA) is 95.9 Å². The van der Waals surface area contributed by atoms with Crippen LogP contribution in [0.4, 0.5) is 18.0 Å². The third kappa shape index (κ3) is 6.87. The zero-order valence-electron chi connectivity index (χ0n) is 17.0. The Hall–Kier alpha value is -2.00. The van der Waals surface area contributed by atoms with Crippen molar-refractivity contribution < 1.29 is 37.4 Å². The van der Waals surface area contributed by atoms with E-state index in [-0.39, 0.29) is 6.54 Å². The van der Waals surface area contributed by atoms with Crippen molar-refractivity contribution in [1.29, 1.82) is 0 Å². The van der Waals surface area contributed by atoms with Crippen LogP contribution in [0.2, 0.25) is 0 Å². The lowest BCUT2D eigenvalue weighted by Crippen LogP contribution is -2.55. The second-order valence-electron chi connectivity index (χ2n) is 9.18. The molecule has 0 aliphatic carbocycles. The second-order valence-corrected chi connectivity index (χ2v) is 9.18. The number of nitrogens with zero attached hydrogens (tertiary/aromatic N) is 1. The number of nitrogens with one attached hydrogen (secondary N) is 1. The number of alkyl halides is 3. The molecule has 2 N–H and O–H groups in total. The van der Waals surface area contributed by atoms with Gasteiger partial charge < -0.3 is 20.1 Å². The highest BCUT2D eigenvalue weighted by atomic mass is 19.4. The monoisotopic (exact) mass is 410 g/mol. The number of amides is 2. The summed E-state index contributed by atoms with van der Waals surface area (Å²) in [5.74, 6) is -4.92. The molecule has 0 radical (unpaired) electrons. The maximum atomic E-state index is 13.0. The van der Waals surface area contributed by atoms with Crippen LogP contribution in [0.1, 0.15) is 48.0 Å². The lowest BCUT2D eigenvalue weighted by Gasteiger charge is -2.36. The number of rotatable bonds is 5. The maximum absolute atomic E-state index is 13.0. The number of hydrogen-bond acceptors (Lipinski definition) is 4. The number of aliphatic carboxylic acids is 1. The van der Waals surface area contributed by atoms with E-state index in [1.54, 1.807) is 41.5 Å². The first kappa shape index (κ1) is 24.0. The van der Waals surface area contributed by atoms with Gasteiger partial charge >= 0.3 is 18.2 Å². The van der Waals surface area contributed by atoms with Gasteiger partial charge in [0.2, 0.25) is 5.91 Å². The zero-order chi connectivity index (χ0) is 22.1. The number of halogens is 3. The Balaban J connectivity index is 3.09. The first-order valence-electron chi connectivity index (χ1n) is 8.98. The fourth-order valence-electron chi connectivity index (χ4n) is 3.24. The first-order valence-corrected chi connectivity index (χ1v) is 8.98. The third-order valence-corrected chi connectivity index (χ3v) is 4.40. The highest BCUT2D eigenvalue weighted by Gasteiger charge is 2.49. The number of carboxylic acids is 1. The van der Waals surface area contributed by atoms with Crippen molar-refractivity contribution in [3.05, 3.63) is 0 Å². The molecule has 1 fully saturated rings. The molecular weight excluding hydrogens is 381 g/mol. The van der Waals surface area contributed by atoms with Crippen molar-refractivity contribution in [3.8, 4) is 0 Å². The molecule has 1 saturated heterocycles. The first-order chi connectivity index (χ1) is 12.4. The number of likely N-dealkylation sites (tertiary alicyclic amines) is 1. The number of hydrogen-bond donors (Lipinski definition) is 2. The van der Waals surface area contributed by atoms with Crippen LogP contribution in [0.5, 0.6) is 0 Å². The molecule has 1 aliphatic heterocycles. The minimum absolute atomic E-state index is 0.348. The van der Waals surface area contributed by atoms with Crippen molar-refractivity contribution >= 4 is 18.0 Å². The van der Waals surface area contributed by atoms with Gasteiger partial charge in [-0.2, -0.15) is 13.2 Å². The number of carbonyl (C=O) groups is 3. The lowest BCUT2D eigenvalue weighted by molar-refractivity contribution is -0.171. The van der Waals surface area contributed by atoms with Crippen LogP contribution < -0.4 is 5.32 Å². The Morgan fingerprint density at radius 2 is 1.75 bits per heavy atom. The summed E-state index contributed by atoms with van der Waals surface area (Å²) in [6.07, 6.45) is -6.10. The van der Waals surface area contributed by atoms with Gasteiger partial charge in [-0.15, -0.1) is 0 Å². The minimum Gasteiger partial charge on any atom is -0.481 e. The van der Waals surface area contributed by atoms with E-state index in [2.05, 4.69) is 5.32 Å². The van der Waals surface area contributed by atoms with Crippen molar-refractivity contribution in [2.75, 3.05) is 13.1 Å². The predicted molar refractivity (Wildman–Crippen MR) is 94.5 cm³/mol. The standard InChI is InChI=1S/C18H29F3N2O5/c1-16(2,3)13(14(25)26)11(22-15(27)28-17(4,5)6)9-23-8-10(7-12(23)24)18(19,20)21/h10-11,13H,7-9H2,1-6H3,(H,22,27)(H,25,26)/t10?,11-,13?/m1/s1. The van der Waals surface area contributed by atoms with Crippen LogP contribution in [0.15, 0.2) is 0 Å². The van der Waals surface area contributed by atoms with E-state index in [1.165, 1.54) is 0 Å². The largest absolute Gasteiger partial charge is 0.481 e. The molecule has 7 nitrogen and oxygen atoms in total. The molecule has 28 heavy (non-hydrogen) atoms. The van der Waals surface area contributed by atoms with Crippen LogP contribution in [0.3, 0.4) is 0 Å². The Morgan fingerprint density at radius 1 is 1.21 bits per heavy atom. The number of carboxylic acid groups (broad SMARTS) is 1. The van der Waals surface area contributed by atoms with E-state index in [0.717, 1.165) is 4.90 Å². The molecular formula is C18H29F3N2O5. The minimum atomic E-state index is -4.52. The van der Waals surface area contributed by atoms with Gasteiger partial charge in [-0.05, 0) is 26.2 Å². The molecule has 162 valence electrons. The number of ether oxygens (including phenoxy) is 1. The van der Waals surface area contributed by atoms with Crippen molar-refractivity contribution in [3.63, 3.8) is 0 Å². The molecule has 0 spiro atoms. The average molecular weight is 410 g/mol. The molecule has 3 atom stereocenters. The van der Waals surface area contributed by atoms with Crippen molar-refractivity contribution in [1.82, 2.24) is 10.2 Å². The van der Waals surface area contributed by atoms with Crippen LogP contribution in [-0.2, 0) is 14.3 Å². The Morgan fingerprint density at radius 3 is 2.11 bits per heavy atom. The van der Waals surface area contributed by atoms with E-state index in [9.17, 15) is 32.7 Å². The molecule has 0 aromatic heterocycles. The van der Waals surface area contributed by atoms with Gasteiger partial charge in [-0.3, -0.25) is 9.59 Å². The van der Waals surface area contributed by atoms with Gasteiger partial charge in [0.1, 0.15) is 5.60 Å². The SMILES string of the molecule is CC(C)(C)OC(=O)N[C@H](CN1CC(C(F)(F)F)CC1=O)C(C(=O)O)C(C)(C)C. The normalized spacial score (nSPS) is 20.7. The molecule has 0 aromatic carbocycles. The van der Waals surface area contributed by atoms with Gasteiger partial charge in [0.15, 0.2) is 0 Å². The Bertz CT molecular complexity index is 608. The van der Waals surface area contributed by atoms with Gasteiger partial charge in [-0.25, -0.2) is 4.79 Å². The number of carbonyl (C=O) groups excluding carboxylic acids is 2. The predicted octanol–water partition coefficient (Wildman–Crippen LogP) is 3.04. The summed E-state index contributed by atoms with van der Waals surface area (Å²) in [4.78, 5) is 37.1. The van der Waals surface area contributed by atoms with Crippen molar-refractivity contribution in [2.45, 2.75) is 65.8 Å². The number of alkyl carbamates (subject to hydrolysis) is 1. The van der Waals surface area contributed by atoms with E-state index < -0.39 is 66.0 Å². The third-order valence-electron chi connectivity index (χ3n) is 4.40. The van der Waals surface area contributed by atoms with Crippen LogP contribution in [-0.4, -0.2) is 58.9 Å². The molecule has 0 saturated carbocycles. The molecule has 2 amide bonds. The van der Waals surface area contributed by atoms with E-state index >= 15 is 0 Å². The van der Waals surface area contributed by atoms with Crippen LogP contribution in [0, 0.1) is 17.3 Å².